The first-order valence-corrected chi connectivity index (χ1v) is 10.2. The van der Waals surface area contributed by atoms with E-state index in [4.69, 9.17) is 0 Å². The Labute approximate surface area is 188 Å². The highest BCUT2D eigenvalue weighted by Crippen LogP contribution is 2.34. The molecule has 1 aliphatic heterocycles. The quantitative estimate of drug-likeness (QED) is 0.571. The Hall–Kier alpha value is -3.94. The maximum absolute atomic E-state index is 14.6. The first kappa shape index (κ1) is 22.3. The van der Waals surface area contributed by atoms with Crippen molar-refractivity contribution >= 4 is 17.5 Å². The molecule has 33 heavy (non-hydrogen) atoms. The second-order valence-electron chi connectivity index (χ2n) is 7.68. The van der Waals surface area contributed by atoms with Gasteiger partial charge < -0.3 is 4.90 Å². The van der Waals surface area contributed by atoms with E-state index in [0.29, 0.717) is 5.71 Å². The first-order chi connectivity index (χ1) is 15.8. The van der Waals surface area contributed by atoms with Gasteiger partial charge in [-0.2, -0.15) is 5.10 Å². The van der Waals surface area contributed by atoms with Crippen LogP contribution in [0.1, 0.15) is 33.9 Å². The summed E-state index contributed by atoms with van der Waals surface area (Å²) in [7, 11) is 1.40. The maximum Gasteiger partial charge on any atom is 0.262 e. The summed E-state index contributed by atoms with van der Waals surface area (Å²) in [6.07, 6.45) is 0.106. The highest BCUT2D eigenvalue weighted by molar-refractivity contribution is 6.04. The van der Waals surface area contributed by atoms with Crippen molar-refractivity contribution in [2.45, 2.75) is 12.5 Å². The third kappa shape index (κ3) is 4.64. The largest absolute Gasteiger partial charge is 0.332 e. The van der Waals surface area contributed by atoms with E-state index in [2.05, 4.69) is 5.10 Å². The van der Waals surface area contributed by atoms with Crippen LogP contribution in [0.25, 0.3) is 0 Å². The lowest BCUT2D eigenvalue weighted by Gasteiger charge is -2.25. The van der Waals surface area contributed by atoms with Crippen LogP contribution in [0.3, 0.4) is 0 Å². The molecule has 2 amide bonds. The standard InChI is InChI=1S/C25H20F3N3O2/c1-30(25(33)16-7-6-8-17(26)13-16)15-24(32)31-23(19-10-3-5-12-21(19)28)14-22(29-31)18-9-2-4-11-20(18)27/h2-13,23H,14-15H2,1H3. The van der Waals surface area contributed by atoms with E-state index in [9.17, 15) is 22.8 Å². The van der Waals surface area contributed by atoms with Crippen LogP contribution in [0, 0.1) is 17.5 Å². The monoisotopic (exact) mass is 451 g/mol. The molecule has 3 aromatic carbocycles. The lowest BCUT2D eigenvalue weighted by molar-refractivity contribution is -0.133. The molecule has 0 saturated carbocycles. The smallest absolute Gasteiger partial charge is 0.262 e. The molecule has 4 rings (SSSR count). The van der Waals surface area contributed by atoms with Crippen LogP contribution in [0.2, 0.25) is 0 Å². The average Bonchev–Trinajstić information content (AvgIpc) is 3.24. The maximum atomic E-state index is 14.6. The summed E-state index contributed by atoms with van der Waals surface area (Å²) in [4.78, 5) is 26.9. The minimum atomic E-state index is -0.800. The van der Waals surface area contributed by atoms with Gasteiger partial charge in [-0.15, -0.1) is 0 Å². The molecule has 0 aromatic heterocycles. The number of halogens is 3. The second-order valence-corrected chi connectivity index (χ2v) is 7.68. The fourth-order valence-electron chi connectivity index (χ4n) is 3.77. The van der Waals surface area contributed by atoms with E-state index in [1.54, 1.807) is 30.3 Å². The van der Waals surface area contributed by atoms with Gasteiger partial charge >= 0.3 is 0 Å². The molecule has 8 heteroatoms. The SMILES string of the molecule is CN(CC(=O)N1N=C(c2ccccc2F)CC1c1ccccc1F)C(=O)c1cccc(F)c1. The normalized spacial score (nSPS) is 15.3. The van der Waals surface area contributed by atoms with Crippen molar-refractivity contribution in [2.24, 2.45) is 5.10 Å². The van der Waals surface area contributed by atoms with Crippen molar-refractivity contribution in [1.29, 1.82) is 0 Å². The molecule has 0 N–H and O–H groups in total. The Morgan fingerprint density at radius 2 is 1.67 bits per heavy atom. The number of nitrogens with zero attached hydrogens (tertiary/aromatic N) is 3. The van der Waals surface area contributed by atoms with Gasteiger partial charge in [-0.05, 0) is 30.3 Å². The van der Waals surface area contributed by atoms with Crippen molar-refractivity contribution in [2.75, 3.05) is 13.6 Å². The first-order valence-electron chi connectivity index (χ1n) is 10.2. The Kier molecular flexibility index (Phi) is 6.26. The Morgan fingerprint density at radius 3 is 2.36 bits per heavy atom. The van der Waals surface area contributed by atoms with Crippen LogP contribution in [0.4, 0.5) is 13.2 Å². The third-order valence-corrected chi connectivity index (χ3v) is 5.41. The average molecular weight is 451 g/mol. The fraction of sp³-hybridized carbons (Fsp3) is 0.160. The van der Waals surface area contributed by atoms with Gasteiger partial charge in [0.15, 0.2) is 0 Å². The number of carbonyl (C=O) groups is 2. The summed E-state index contributed by atoms with van der Waals surface area (Å²) in [5, 5.41) is 5.41. The van der Waals surface area contributed by atoms with Crippen molar-refractivity contribution in [3.8, 4) is 0 Å². The Morgan fingerprint density at radius 1 is 0.970 bits per heavy atom. The lowest BCUT2D eigenvalue weighted by atomic mass is 9.97. The molecule has 0 saturated heterocycles. The van der Waals surface area contributed by atoms with Gasteiger partial charge in [-0.25, -0.2) is 18.2 Å². The summed E-state index contributed by atoms with van der Waals surface area (Å²) < 4.78 is 42.4. The second kappa shape index (κ2) is 9.28. The zero-order chi connectivity index (χ0) is 23.5. The minimum Gasteiger partial charge on any atom is -0.332 e. The molecule has 0 radical (unpaired) electrons. The van der Waals surface area contributed by atoms with E-state index in [-0.39, 0.29) is 29.7 Å². The van der Waals surface area contributed by atoms with Crippen LogP contribution < -0.4 is 0 Å². The summed E-state index contributed by atoms with van der Waals surface area (Å²) >= 11 is 0. The minimum absolute atomic E-state index is 0.0907. The number of rotatable bonds is 5. The van der Waals surface area contributed by atoms with Crippen molar-refractivity contribution < 1.29 is 22.8 Å². The molecule has 1 aliphatic rings. The van der Waals surface area contributed by atoms with Crippen LogP contribution in [0.5, 0.6) is 0 Å². The van der Waals surface area contributed by atoms with Crippen molar-refractivity contribution in [3.63, 3.8) is 0 Å². The number of amides is 2. The Bertz CT molecular complexity index is 1240. The predicted octanol–water partition coefficient (Wildman–Crippen LogP) is 4.55. The van der Waals surface area contributed by atoms with Crippen LogP contribution in [-0.4, -0.2) is 41.0 Å². The van der Waals surface area contributed by atoms with Gasteiger partial charge in [-0.1, -0.05) is 42.5 Å². The van der Waals surface area contributed by atoms with Crippen molar-refractivity contribution in [1.82, 2.24) is 9.91 Å². The summed E-state index contributed by atoms with van der Waals surface area (Å²) in [6, 6.07) is 16.3. The number of carbonyl (C=O) groups excluding carboxylic acids is 2. The van der Waals surface area contributed by atoms with Crippen LogP contribution >= 0.6 is 0 Å². The molecule has 1 atom stereocenters. The molecule has 0 aliphatic carbocycles. The number of benzene rings is 3. The zero-order valence-electron chi connectivity index (χ0n) is 17.7. The lowest BCUT2D eigenvalue weighted by Crippen LogP contribution is -2.39. The van der Waals surface area contributed by atoms with Gasteiger partial charge in [0.2, 0.25) is 0 Å². The van der Waals surface area contributed by atoms with Gasteiger partial charge in [0.1, 0.15) is 24.0 Å². The summed E-state index contributed by atoms with van der Waals surface area (Å²) in [6.45, 7) is -0.381. The molecule has 0 spiro atoms. The number of hydrogen-bond acceptors (Lipinski definition) is 3. The molecule has 0 bridgehead atoms. The zero-order valence-corrected chi connectivity index (χ0v) is 17.7. The van der Waals surface area contributed by atoms with Crippen LogP contribution in [0.15, 0.2) is 77.9 Å². The number of hydrazone groups is 1. The predicted molar refractivity (Wildman–Crippen MR) is 117 cm³/mol. The van der Waals surface area contributed by atoms with E-state index in [1.165, 1.54) is 43.4 Å². The van der Waals surface area contributed by atoms with Crippen molar-refractivity contribution in [3.05, 3.63) is 107 Å². The van der Waals surface area contributed by atoms with E-state index in [0.717, 1.165) is 16.0 Å². The number of likely N-dealkylation sites (N-methyl/N-ethyl adjacent to an activating group) is 1. The molecular formula is C25H20F3N3O2. The van der Waals surface area contributed by atoms with Gasteiger partial charge in [0.05, 0.1) is 11.8 Å². The molecule has 1 unspecified atom stereocenters. The van der Waals surface area contributed by atoms with Gasteiger partial charge in [-0.3, -0.25) is 9.59 Å². The van der Waals surface area contributed by atoms with Gasteiger partial charge in [0, 0.05) is 30.2 Å². The summed E-state index contributed by atoms with van der Waals surface area (Å²) in [5.41, 5.74) is 0.847. The Balaban J connectivity index is 1.62. The molecule has 0 fully saturated rings. The molecule has 3 aromatic rings. The molecular weight excluding hydrogens is 431 g/mol. The van der Waals surface area contributed by atoms with Crippen LogP contribution in [-0.2, 0) is 4.79 Å². The van der Waals surface area contributed by atoms with E-state index >= 15 is 0 Å². The molecule has 1 heterocycles. The molecule has 5 nitrogen and oxygen atoms in total. The highest BCUT2D eigenvalue weighted by Gasteiger charge is 2.36. The van der Waals surface area contributed by atoms with E-state index < -0.39 is 35.3 Å². The number of hydrogen-bond donors (Lipinski definition) is 0. The molecule has 168 valence electrons. The summed E-state index contributed by atoms with van der Waals surface area (Å²) in [5.74, 6) is -2.73. The fourth-order valence-corrected chi connectivity index (χ4v) is 3.77. The highest BCUT2D eigenvalue weighted by atomic mass is 19.1. The van der Waals surface area contributed by atoms with E-state index in [1.807, 2.05) is 0 Å². The topological polar surface area (TPSA) is 53.0 Å². The van der Waals surface area contributed by atoms with Gasteiger partial charge in [0.25, 0.3) is 11.8 Å². The third-order valence-electron chi connectivity index (χ3n) is 5.41.